The Balaban J connectivity index is 1.55. The minimum Gasteiger partial charge on any atom is -0.534 e. The van der Waals surface area contributed by atoms with Gasteiger partial charge in [-0.05, 0) is 24.8 Å². The number of amides is 1. The molecule has 1 aromatic heterocycles. The average molecular weight is 517 g/mol. The first-order chi connectivity index (χ1) is 17.7. The fraction of sp³-hybridized carbons (Fsp3) is 0.583. The molecule has 1 aliphatic heterocycles. The number of aliphatic hydroxyl groups is 1. The fourth-order valence-corrected chi connectivity index (χ4v) is 3.96. The zero-order valence-corrected chi connectivity index (χ0v) is 21.7. The molecule has 2 aromatic rings. The predicted molar refractivity (Wildman–Crippen MR) is 134 cm³/mol. The van der Waals surface area contributed by atoms with Crippen LogP contribution in [0.25, 0.3) is 0 Å². The van der Waals surface area contributed by atoms with Gasteiger partial charge in [-0.1, -0.05) is 51.1 Å². The van der Waals surface area contributed by atoms with Crippen molar-refractivity contribution in [3.63, 3.8) is 0 Å². The third-order valence-corrected chi connectivity index (χ3v) is 6.09. The van der Waals surface area contributed by atoms with Gasteiger partial charge in [0.2, 0.25) is 5.91 Å². The quantitative estimate of drug-likeness (QED) is 0.171. The van der Waals surface area contributed by atoms with Crippen LogP contribution >= 0.6 is 0 Å². The Bertz CT molecular complexity index is 1050. The largest absolute Gasteiger partial charge is 0.547 e. The molecule has 2 unspecified atom stereocenters. The number of hydrogen-bond donors (Lipinski definition) is 4. The number of aromatic nitrogens is 3. The van der Waals surface area contributed by atoms with E-state index in [1.807, 2.05) is 27.7 Å². The lowest BCUT2D eigenvalue weighted by Crippen LogP contribution is -2.53. The molecule has 0 fully saturated rings. The summed E-state index contributed by atoms with van der Waals surface area (Å²) in [6.45, 7) is 7.91. The highest BCUT2D eigenvalue weighted by molar-refractivity contribution is 6.46. The first kappa shape index (κ1) is 28.6. The van der Waals surface area contributed by atoms with Crippen molar-refractivity contribution in [2.75, 3.05) is 6.79 Å². The molecule has 0 spiro atoms. The number of carbonyl (C=O) groups excluding carboxylic acids is 2. The second-order valence-corrected chi connectivity index (χ2v) is 9.28. The molecular weight excluding hydrogens is 481 g/mol. The molecule has 1 amide bonds. The molecule has 202 valence electrons. The summed E-state index contributed by atoms with van der Waals surface area (Å²) in [5.41, 5.74) is 1.67. The summed E-state index contributed by atoms with van der Waals surface area (Å²) >= 11 is 0. The highest BCUT2D eigenvalue weighted by atomic mass is 16.7. The lowest BCUT2D eigenvalue weighted by atomic mass is 9.72. The van der Waals surface area contributed by atoms with Crippen LogP contribution in [0.1, 0.15) is 63.6 Å². The number of rotatable bonds is 13. The molecule has 0 saturated carbocycles. The summed E-state index contributed by atoms with van der Waals surface area (Å²) in [6.07, 6.45) is 1.84. The van der Waals surface area contributed by atoms with Crippen LogP contribution in [0.15, 0.2) is 24.4 Å². The van der Waals surface area contributed by atoms with E-state index in [0.29, 0.717) is 31.0 Å². The van der Waals surface area contributed by atoms with Crippen molar-refractivity contribution in [2.24, 2.45) is 5.92 Å². The first-order valence-electron chi connectivity index (χ1n) is 12.6. The van der Waals surface area contributed by atoms with Gasteiger partial charge in [-0.25, -0.2) is 4.68 Å². The Labute approximate surface area is 216 Å². The predicted octanol–water partition coefficient (Wildman–Crippen LogP) is 0.860. The number of fused-ring (bicyclic) bond motifs is 1. The topological polar surface area (TPSA) is 157 Å². The van der Waals surface area contributed by atoms with E-state index >= 15 is 0 Å². The van der Waals surface area contributed by atoms with Crippen molar-refractivity contribution in [3.8, 4) is 5.75 Å². The van der Waals surface area contributed by atoms with Gasteiger partial charge in [0.25, 0.3) is 0 Å². The number of hydrogen-bond acceptors (Lipinski definition) is 10. The van der Waals surface area contributed by atoms with Gasteiger partial charge in [-0.15, -0.1) is 5.10 Å². The molecular formula is C24H36BN5O7. The molecule has 3 rings (SSSR count). The van der Waals surface area contributed by atoms with Crippen molar-refractivity contribution in [2.45, 2.75) is 78.3 Å². The van der Waals surface area contributed by atoms with Gasteiger partial charge in [0.1, 0.15) is 12.3 Å². The maximum Gasteiger partial charge on any atom is 0.547 e. The molecule has 37 heavy (non-hydrogen) atoms. The molecule has 0 aliphatic carbocycles. The highest BCUT2D eigenvalue weighted by Gasteiger charge is 2.37. The minimum atomic E-state index is -1.44. The molecule has 12 nitrogen and oxygen atoms in total. The average Bonchev–Trinajstić information content (AvgIpc) is 3.30. The SMILES string of the molecule is CCC(CC)C(=O)OCOC(O)c1cccc2c1OB(O)C(NC(=O)Cn1cc(CNC(C)C)nn1)C2. The third-order valence-electron chi connectivity index (χ3n) is 6.09. The fourth-order valence-electron chi connectivity index (χ4n) is 3.96. The summed E-state index contributed by atoms with van der Waals surface area (Å²) in [6, 6.07) is 5.37. The molecule has 0 saturated heterocycles. The van der Waals surface area contributed by atoms with Crippen LogP contribution in [0.5, 0.6) is 5.75 Å². The summed E-state index contributed by atoms with van der Waals surface area (Å²) in [5, 5.41) is 35.1. The Morgan fingerprint density at radius 3 is 2.76 bits per heavy atom. The van der Waals surface area contributed by atoms with E-state index in [1.54, 1.807) is 24.4 Å². The van der Waals surface area contributed by atoms with Gasteiger partial charge in [0.15, 0.2) is 13.1 Å². The van der Waals surface area contributed by atoms with Gasteiger partial charge in [-0.2, -0.15) is 0 Å². The third kappa shape index (κ3) is 7.99. The van der Waals surface area contributed by atoms with E-state index in [2.05, 4.69) is 20.9 Å². The molecule has 2 heterocycles. The molecule has 1 aliphatic rings. The molecule has 4 N–H and O–H groups in total. The van der Waals surface area contributed by atoms with Crippen LogP contribution in [0.2, 0.25) is 0 Å². The Morgan fingerprint density at radius 1 is 1.30 bits per heavy atom. The van der Waals surface area contributed by atoms with Gasteiger partial charge in [-0.3, -0.25) is 9.59 Å². The second kappa shape index (κ2) is 13.5. The Kier molecular flexibility index (Phi) is 10.4. The lowest BCUT2D eigenvalue weighted by molar-refractivity contribution is -0.190. The minimum absolute atomic E-state index is 0.0625. The number of carbonyl (C=O) groups is 2. The number of benzene rings is 1. The highest BCUT2D eigenvalue weighted by Crippen LogP contribution is 2.34. The van der Waals surface area contributed by atoms with Crippen LogP contribution < -0.4 is 15.3 Å². The molecule has 13 heteroatoms. The van der Waals surface area contributed by atoms with Crippen LogP contribution in [0.4, 0.5) is 0 Å². The molecule has 1 aromatic carbocycles. The molecule has 2 atom stereocenters. The standard InChI is InChI=1S/C24H36BN5O7/c1-5-16(6-2)23(32)35-14-36-24(33)19-9-7-8-17-10-20(25(34)37-22(17)19)27-21(31)13-30-12-18(28-29-30)11-26-15(3)4/h7-9,12,15-16,20,24,26,33-34H,5-6,10-11,13-14H2,1-4H3,(H,27,31). The van der Waals surface area contributed by atoms with Crippen molar-refractivity contribution in [3.05, 3.63) is 41.2 Å². The number of nitrogens with zero attached hydrogens (tertiary/aromatic N) is 3. The van der Waals surface area contributed by atoms with Gasteiger partial charge >= 0.3 is 13.1 Å². The van der Waals surface area contributed by atoms with Crippen LogP contribution in [0.3, 0.4) is 0 Å². The van der Waals surface area contributed by atoms with E-state index in [0.717, 1.165) is 5.69 Å². The maximum atomic E-state index is 12.6. The normalized spacial score (nSPS) is 15.9. The van der Waals surface area contributed by atoms with E-state index in [9.17, 15) is 19.7 Å². The number of aliphatic hydroxyl groups excluding tert-OH is 1. The number of ether oxygens (including phenoxy) is 2. The summed E-state index contributed by atoms with van der Waals surface area (Å²) in [5.74, 6) is -1.41. The maximum absolute atomic E-state index is 12.6. The lowest BCUT2D eigenvalue weighted by Gasteiger charge is -2.30. The van der Waals surface area contributed by atoms with Gasteiger partial charge < -0.3 is 34.9 Å². The monoisotopic (exact) mass is 517 g/mol. The molecule has 0 bridgehead atoms. The van der Waals surface area contributed by atoms with E-state index < -0.39 is 26.1 Å². The van der Waals surface area contributed by atoms with Crippen molar-refractivity contribution in [1.29, 1.82) is 0 Å². The van der Waals surface area contributed by atoms with Crippen molar-refractivity contribution >= 4 is 19.0 Å². The van der Waals surface area contributed by atoms with Crippen molar-refractivity contribution < 1.29 is 33.8 Å². The molecule has 0 radical (unpaired) electrons. The number of para-hydroxylation sites is 1. The zero-order chi connectivity index (χ0) is 26.9. The summed E-state index contributed by atoms with van der Waals surface area (Å²) < 4.78 is 17.5. The first-order valence-corrected chi connectivity index (χ1v) is 12.6. The van der Waals surface area contributed by atoms with E-state index in [1.165, 1.54) is 4.68 Å². The Hall–Kier alpha value is -3.00. The summed E-state index contributed by atoms with van der Waals surface area (Å²) in [7, 11) is -1.35. The van der Waals surface area contributed by atoms with Crippen molar-refractivity contribution in [1.82, 2.24) is 25.6 Å². The number of nitrogens with one attached hydrogen (secondary N) is 2. The van der Waals surface area contributed by atoms with E-state index in [4.69, 9.17) is 14.1 Å². The van der Waals surface area contributed by atoms with Crippen LogP contribution in [0, 0.1) is 5.92 Å². The zero-order valence-electron chi connectivity index (χ0n) is 21.7. The van der Waals surface area contributed by atoms with Crippen LogP contribution in [-0.2, 0) is 38.6 Å². The van der Waals surface area contributed by atoms with Gasteiger partial charge in [0, 0.05) is 18.2 Å². The number of esters is 1. The smallest absolute Gasteiger partial charge is 0.534 e. The van der Waals surface area contributed by atoms with E-state index in [-0.39, 0.29) is 42.1 Å². The summed E-state index contributed by atoms with van der Waals surface area (Å²) in [4.78, 5) is 24.6. The van der Waals surface area contributed by atoms with Crippen LogP contribution in [-0.4, -0.2) is 62.9 Å². The second-order valence-electron chi connectivity index (χ2n) is 9.28. The van der Waals surface area contributed by atoms with Gasteiger partial charge in [0.05, 0.1) is 23.7 Å². The Morgan fingerprint density at radius 2 is 2.05 bits per heavy atom.